The van der Waals surface area contributed by atoms with E-state index >= 15 is 0 Å². The molecule has 0 fully saturated rings. The molecule has 0 unspecified atom stereocenters. The van der Waals surface area contributed by atoms with Crippen molar-refractivity contribution >= 4 is 11.8 Å². The number of amides is 2. The van der Waals surface area contributed by atoms with Crippen LogP contribution in [0.4, 0.5) is 0 Å². The normalized spacial score (nSPS) is 10.4. The van der Waals surface area contributed by atoms with Gasteiger partial charge in [-0.2, -0.15) is 5.10 Å². The Balaban J connectivity index is 1.52. The number of nitrogens with one attached hydrogen (secondary N) is 2. The molecule has 2 amide bonds. The standard InChI is InChI=1S/C21H22N4O2/c1-16-7-2-5-10-19(16)21(27)23-14-20(26)22-13-17-8-3-4-9-18(17)15-25-12-6-11-24-25/h2-12H,13-15H2,1H3,(H,22,26)(H,23,27). The fraction of sp³-hybridized carbons (Fsp3) is 0.190. The molecule has 6 nitrogen and oxygen atoms in total. The van der Waals surface area contributed by atoms with Crippen molar-refractivity contribution in [1.82, 2.24) is 20.4 Å². The highest BCUT2D eigenvalue weighted by molar-refractivity contribution is 5.97. The topological polar surface area (TPSA) is 76.0 Å². The van der Waals surface area contributed by atoms with Gasteiger partial charge in [0.05, 0.1) is 13.1 Å². The van der Waals surface area contributed by atoms with Gasteiger partial charge in [0.1, 0.15) is 0 Å². The fourth-order valence-corrected chi connectivity index (χ4v) is 2.79. The number of carbonyl (C=O) groups is 2. The highest BCUT2D eigenvalue weighted by atomic mass is 16.2. The summed E-state index contributed by atoms with van der Waals surface area (Å²) in [6.07, 6.45) is 3.64. The van der Waals surface area contributed by atoms with E-state index in [1.54, 1.807) is 18.3 Å². The molecule has 27 heavy (non-hydrogen) atoms. The van der Waals surface area contributed by atoms with E-state index in [-0.39, 0.29) is 18.4 Å². The second-order valence-corrected chi connectivity index (χ2v) is 6.25. The van der Waals surface area contributed by atoms with Crippen LogP contribution < -0.4 is 10.6 Å². The van der Waals surface area contributed by atoms with Crippen LogP contribution >= 0.6 is 0 Å². The number of hydrogen-bond donors (Lipinski definition) is 2. The third kappa shape index (κ3) is 5.04. The molecule has 6 heteroatoms. The average Bonchev–Trinajstić information content (AvgIpc) is 3.19. The second-order valence-electron chi connectivity index (χ2n) is 6.25. The van der Waals surface area contributed by atoms with Crippen molar-refractivity contribution in [1.29, 1.82) is 0 Å². The van der Waals surface area contributed by atoms with Crippen LogP contribution in [0.3, 0.4) is 0 Å². The second kappa shape index (κ2) is 8.80. The highest BCUT2D eigenvalue weighted by Crippen LogP contribution is 2.10. The summed E-state index contributed by atoms with van der Waals surface area (Å²) in [6, 6.07) is 17.1. The molecular formula is C21H22N4O2. The van der Waals surface area contributed by atoms with E-state index in [4.69, 9.17) is 0 Å². The van der Waals surface area contributed by atoms with Crippen LogP contribution in [0.25, 0.3) is 0 Å². The van der Waals surface area contributed by atoms with Gasteiger partial charge in [0.2, 0.25) is 5.91 Å². The van der Waals surface area contributed by atoms with Crippen molar-refractivity contribution in [2.75, 3.05) is 6.54 Å². The summed E-state index contributed by atoms with van der Waals surface area (Å²) in [4.78, 5) is 24.3. The summed E-state index contributed by atoms with van der Waals surface area (Å²) < 4.78 is 1.84. The van der Waals surface area contributed by atoms with Crippen molar-refractivity contribution in [3.05, 3.63) is 89.2 Å². The molecule has 2 aromatic carbocycles. The zero-order chi connectivity index (χ0) is 19.1. The first-order valence-electron chi connectivity index (χ1n) is 8.78. The lowest BCUT2D eigenvalue weighted by Gasteiger charge is -2.12. The first kappa shape index (κ1) is 18.4. The zero-order valence-electron chi connectivity index (χ0n) is 15.2. The van der Waals surface area contributed by atoms with Gasteiger partial charge in [0.25, 0.3) is 5.91 Å². The van der Waals surface area contributed by atoms with Gasteiger partial charge in [0, 0.05) is 24.5 Å². The Morgan fingerprint density at radius 1 is 0.963 bits per heavy atom. The summed E-state index contributed by atoms with van der Waals surface area (Å²) >= 11 is 0. The molecule has 0 radical (unpaired) electrons. The first-order chi connectivity index (χ1) is 13.1. The number of aryl methyl sites for hydroxylation is 1. The monoisotopic (exact) mass is 362 g/mol. The maximum Gasteiger partial charge on any atom is 0.251 e. The van der Waals surface area contributed by atoms with Gasteiger partial charge < -0.3 is 10.6 Å². The van der Waals surface area contributed by atoms with Crippen molar-refractivity contribution in [2.45, 2.75) is 20.0 Å². The van der Waals surface area contributed by atoms with E-state index in [1.165, 1.54) is 0 Å². The van der Waals surface area contributed by atoms with E-state index in [0.29, 0.717) is 18.7 Å². The molecule has 0 atom stereocenters. The number of carbonyl (C=O) groups excluding carboxylic acids is 2. The number of nitrogens with zero attached hydrogens (tertiary/aromatic N) is 2. The maximum absolute atomic E-state index is 12.2. The minimum absolute atomic E-state index is 0.0610. The summed E-state index contributed by atoms with van der Waals surface area (Å²) in [5, 5.41) is 9.73. The Morgan fingerprint density at radius 3 is 2.44 bits per heavy atom. The SMILES string of the molecule is Cc1ccccc1C(=O)NCC(=O)NCc1ccccc1Cn1cccn1. The summed E-state index contributed by atoms with van der Waals surface area (Å²) in [7, 11) is 0. The molecule has 0 spiro atoms. The number of benzene rings is 2. The molecule has 138 valence electrons. The predicted octanol–water partition coefficient (Wildman–Crippen LogP) is 2.29. The van der Waals surface area contributed by atoms with Crippen molar-refractivity contribution in [3.63, 3.8) is 0 Å². The number of aromatic nitrogens is 2. The fourth-order valence-electron chi connectivity index (χ4n) is 2.79. The molecule has 1 aromatic heterocycles. The Morgan fingerprint density at radius 2 is 1.70 bits per heavy atom. The molecule has 0 bridgehead atoms. The summed E-state index contributed by atoms with van der Waals surface area (Å²) in [6.45, 7) is 2.85. The summed E-state index contributed by atoms with van der Waals surface area (Å²) in [5.41, 5.74) is 3.56. The molecular weight excluding hydrogens is 340 g/mol. The van der Waals surface area contributed by atoms with Gasteiger partial charge in [-0.15, -0.1) is 0 Å². The molecule has 0 aliphatic rings. The molecule has 0 aliphatic heterocycles. The van der Waals surface area contributed by atoms with Crippen LogP contribution in [-0.2, 0) is 17.9 Å². The maximum atomic E-state index is 12.2. The predicted molar refractivity (Wildman–Crippen MR) is 103 cm³/mol. The average molecular weight is 362 g/mol. The van der Waals surface area contributed by atoms with Gasteiger partial charge in [-0.25, -0.2) is 0 Å². The van der Waals surface area contributed by atoms with Gasteiger partial charge >= 0.3 is 0 Å². The van der Waals surface area contributed by atoms with Gasteiger partial charge in [-0.1, -0.05) is 42.5 Å². The third-order valence-electron chi connectivity index (χ3n) is 4.29. The molecule has 3 rings (SSSR count). The molecule has 0 saturated heterocycles. The van der Waals surface area contributed by atoms with E-state index in [9.17, 15) is 9.59 Å². The molecule has 0 aliphatic carbocycles. The lowest BCUT2D eigenvalue weighted by molar-refractivity contribution is -0.120. The van der Waals surface area contributed by atoms with Crippen LogP contribution in [-0.4, -0.2) is 28.1 Å². The first-order valence-corrected chi connectivity index (χ1v) is 8.78. The van der Waals surface area contributed by atoms with Crippen molar-refractivity contribution in [2.24, 2.45) is 0 Å². The molecule has 2 N–H and O–H groups in total. The van der Waals surface area contributed by atoms with Gasteiger partial charge in [-0.3, -0.25) is 14.3 Å². The van der Waals surface area contributed by atoms with Gasteiger partial charge in [-0.05, 0) is 35.7 Å². The zero-order valence-corrected chi connectivity index (χ0v) is 15.2. The minimum Gasteiger partial charge on any atom is -0.350 e. The Bertz CT molecular complexity index is 919. The van der Waals surface area contributed by atoms with Crippen molar-refractivity contribution < 1.29 is 9.59 Å². The van der Waals surface area contributed by atoms with Crippen LogP contribution in [0.1, 0.15) is 27.0 Å². The molecule has 0 saturated carbocycles. The molecule has 1 heterocycles. The van der Waals surface area contributed by atoms with Crippen LogP contribution in [0.5, 0.6) is 0 Å². The van der Waals surface area contributed by atoms with E-state index in [1.807, 2.05) is 60.3 Å². The number of rotatable bonds is 7. The lowest BCUT2D eigenvalue weighted by atomic mass is 10.1. The van der Waals surface area contributed by atoms with Crippen LogP contribution in [0, 0.1) is 6.92 Å². The van der Waals surface area contributed by atoms with Crippen molar-refractivity contribution in [3.8, 4) is 0 Å². The largest absolute Gasteiger partial charge is 0.350 e. The smallest absolute Gasteiger partial charge is 0.251 e. The van der Waals surface area contributed by atoms with E-state index < -0.39 is 0 Å². The van der Waals surface area contributed by atoms with E-state index in [2.05, 4.69) is 15.7 Å². The number of hydrogen-bond acceptors (Lipinski definition) is 3. The van der Waals surface area contributed by atoms with Crippen LogP contribution in [0.2, 0.25) is 0 Å². The lowest BCUT2D eigenvalue weighted by Crippen LogP contribution is -2.37. The quantitative estimate of drug-likeness (QED) is 0.677. The third-order valence-corrected chi connectivity index (χ3v) is 4.29. The minimum atomic E-state index is -0.248. The Hall–Kier alpha value is -3.41. The Labute approximate surface area is 158 Å². The summed E-state index contributed by atoms with van der Waals surface area (Å²) in [5.74, 6) is -0.479. The van der Waals surface area contributed by atoms with Gasteiger partial charge in [0.15, 0.2) is 0 Å². The highest BCUT2D eigenvalue weighted by Gasteiger charge is 2.10. The van der Waals surface area contributed by atoms with Crippen LogP contribution in [0.15, 0.2) is 67.0 Å². The molecule has 3 aromatic rings. The van der Waals surface area contributed by atoms with E-state index in [0.717, 1.165) is 16.7 Å². The Kier molecular flexibility index (Phi) is 5.99.